The Kier molecular flexibility index (Phi) is 6.43. The fourth-order valence-electron chi connectivity index (χ4n) is 3.48. The van der Waals surface area contributed by atoms with Gasteiger partial charge in [0.25, 0.3) is 5.91 Å². The predicted molar refractivity (Wildman–Crippen MR) is 101 cm³/mol. The number of rotatable bonds is 3. The molecule has 0 spiro atoms. The van der Waals surface area contributed by atoms with Gasteiger partial charge in [0.15, 0.2) is 0 Å². The standard InChI is InChI=1S/C18H25BrN2OS/c19-17-8-3-2-7-16(17)18(22)21-11-6-12-23-14-15(21)13-20-9-4-1-5-10-20/h2-3,7-8,15H,1,4-6,9-14H2. The first-order valence-corrected chi connectivity index (χ1v) is 10.6. The molecule has 1 aromatic rings. The minimum Gasteiger partial charge on any atom is -0.333 e. The SMILES string of the molecule is O=C(c1ccccc1Br)N1CCCSCC1CN1CCCCC1. The Balaban J connectivity index is 1.75. The smallest absolute Gasteiger partial charge is 0.255 e. The van der Waals surface area contributed by atoms with E-state index in [-0.39, 0.29) is 5.91 Å². The molecule has 23 heavy (non-hydrogen) atoms. The number of likely N-dealkylation sites (tertiary alicyclic amines) is 1. The largest absolute Gasteiger partial charge is 0.333 e. The summed E-state index contributed by atoms with van der Waals surface area (Å²) in [5.41, 5.74) is 0.794. The van der Waals surface area contributed by atoms with Crippen LogP contribution >= 0.6 is 27.7 Å². The number of hydrogen-bond acceptors (Lipinski definition) is 3. The van der Waals surface area contributed by atoms with E-state index >= 15 is 0 Å². The van der Waals surface area contributed by atoms with Crippen molar-refractivity contribution >= 4 is 33.6 Å². The Morgan fingerprint density at radius 3 is 2.70 bits per heavy atom. The van der Waals surface area contributed by atoms with Crippen molar-refractivity contribution in [3.05, 3.63) is 34.3 Å². The summed E-state index contributed by atoms with van der Waals surface area (Å²) in [6, 6.07) is 8.14. The number of piperidine rings is 1. The summed E-state index contributed by atoms with van der Waals surface area (Å²) in [5.74, 6) is 2.41. The molecule has 3 rings (SSSR count). The Morgan fingerprint density at radius 2 is 1.91 bits per heavy atom. The lowest BCUT2D eigenvalue weighted by atomic mass is 10.1. The van der Waals surface area contributed by atoms with E-state index in [4.69, 9.17) is 0 Å². The summed E-state index contributed by atoms with van der Waals surface area (Å²) in [5, 5.41) is 0. The lowest BCUT2D eigenvalue weighted by Gasteiger charge is -2.36. The third-order valence-electron chi connectivity index (χ3n) is 4.72. The summed E-state index contributed by atoms with van der Waals surface area (Å²) in [6.07, 6.45) is 5.06. The van der Waals surface area contributed by atoms with Crippen LogP contribution in [0.3, 0.4) is 0 Å². The molecule has 1 aromatic carbocycles. The average molecular weight is 397 g/mol. The van der Waals surface area contributed by atoms with Crippen molar-refractivity contribution in [2.75, 3.05) is 37.7 Å². The summed E-state index contributed by atoms with van der Waals surface area (Å²) >= 11 is 5.54. The number of amides is 1. The zero-order chi connectivity index (χ0) is 16.1. The van der Waals surface area contributed by atoms with Crippen LogP contribution in [0.1, 0.15) is 36.0 Å². The van der Waals surface area contributed by atoms with Crippen molar-refractivity contribution in [2.24, 2.45) is 0 Å². The maximum atomic E-state index is 13.1. The molecule has 0 radical (unpaired) electrons. The number of nitrogens with zero attached hydrogens (tertiary/aromatic N) is 2. The van der Waals surface area contributed by atoms with Crippen molar-refractivity contribution in [1.82, 2.24) is 9.80 Å². The van der Waals surface area contributed by atoms with E-state index in [9.17, 15) is 4.79 Å². The van der Waals surface area contributed by atoms with Crippen molar-refractivity contribution in [1.29, 1.82) is 0 Å². The van der Waals surface area contributed by atoms with Gasteiger partial charge in [0.1, 0.15) is 0 Å². The van der Waals surface area contributed by atoms with E-state index in [0.717, 1.165) is 41.1 Å². The first-order chi connectivity index (χ1) is 11.3. The van der Waals surface area contributed by atoms with E-state index in [1.165, 1.54) is 32.4 Å². The van der Waals surface area contributed by atoms with E-state index < -0.39 is 0 Å². The minimum absolute atomic E-state index is 0.182. The quantitative estimate of drug-likeness (QED) is 0.774. The highest BCUT2D eigenvalue weighted by Crippen LogP contribution is 2.24. The van der Waals surface area contributed by atoms with Gasteiger partial charge in [0, 0.05) is 23.3 Å². The van der Waals surface area contributed by atoms with Gasteiger partial charge in [-0.3, -0.25) is 4.79 Å². The zero-order valence-corrected chi connectivity index (χ0v) is 15.9. The lowest BCUT2D eigenvalue weighted by molar-refractivity contribution is 0.0644. The molecule has 1 unspecified atom stereocenters. The van der Waals surface area contributed by atoms with Gasteiger partial charge >= 0.3 is 0 Å². The summed E-state index contributed by atoms with van der Waals surface area (Å²) in [6.45, 7) is 4.30. The fraction of sp³-hybridized carbons (Fsp3) is 0.611. The maximum absolute atomic E-state index is 13.1. The number of carbonyl (C=O) groups excluding carboxylic acids is 1. The Hall–Kier alpha value is -0.520. The molecule has 2 aliphatic rings. The summed E-state index contributed by atoms with van der Waals surface area (Å²) in [4.78, 5) is 17.8. The average Bonchev–Trinajstić information content (AvgIpc) is 2.81. The molecule has 1 amide bonds. The van der Waals surface area contributed by atoms with Crippen molar-refractivity contribution in [2.45, 2.75) is 31.7 Å². The lowest BCUT2D eigenvalue weighted by Crippen LogP contribution is -2.49. The molecule has 0 aliphatic carbocycles. The summed E-state index contributed by atoms with van der Waals surface area (Å²) in [7, 11) is 0. The van der Waals surface area contributed by atoms with E-state index in [2.05, 4.69) is 25.7 Å². The number of hydrogen-bond donors (Lipinski definition) is 0. The monoisotopic (exact) mass is 396 g/mol. The first-order valence-electron chi connectivity index (χ1n) is 8.61. The second-order valence-electron chi connectivity index (χ2n) is 6.42. The predicted octanol–water partition coefficient (Wildman–Crippen LogP) is 3.88. The van der Waals surface area contributed by atoms with Gasteiger partial charge in [-0.1, -0.05) is 18.6 Å². The zero-order valence-electron chi connectivity index (χ0n) is 13.5. The molecule has 0 N–H and O–H groups in total. The van der Waals surface area contributed by atoms with Crippen molar-refractivity contribution in [3.63, 3.8) is 0 Å². The molecule has 2 aliphatic heterocycles. The van der Waals surface area contributed by atoms with Crippen molar-refractivity contribution in [3.8, 4) is 0 Å². The number of carbonyl (C=O) groups is 1. The molecule has 2 fully saturated rings. The molecule has 5 heteroatoms. The Morgan fingerprint density at radius 1 is 1.13 bits per heavy atom. The van der Waals surface area contributed by atoms with E-state index in [1.54, 1.807) is 0 Å². The van der Waals surface area contributed by atoms with Crippen LogP contribution < -0.4 is 0 Å². The Bertz CT molecular complexity index is 534. The molecule has 0 saturated carbocycles. The van der Waals surface area contributed by atoms with Crippen LogP contribution in [0.4, 0.5) is 0 Å². The highest BCUT2D eigenvalue weighted by atomic mass is 79.9. The number of halogens is 1. The van der Waals surface area contributed by atoms with Crippen LogP contribution in [0.15, 0.2) is 28.7 Å². The Labute approximate surface area is 151 Å². The van der Waals surface area contributed by atoms with E-state index in [1.807, 2.05) is 36.0 Å². The molecular formula is C18H25BrN2OS. The molecule has 1 atom stereocenters. The van der Waals surface area contributed by atoms with Gasteiger partial charge in [-0.15, -0.1) is 0 Å². The van der Waals surface area contributed by atoms with E-state index in [0.29, 0.717) is 6.04 Å². The maximum Gasteiger partial charge on any atom is 0.255 e. The highest BCUT2D eigenvalue weighted by Gasteiger charge is 2.29. The molecular weight excluding hydrogens is 372 g/mol. The molecule has 126 valence electrons. The highest BCUT2D eigenvalue weighted by molar-refractivity contribution is 9.10. The first kappa shape index (κ1) is 17.3. The number of thioether (sulfide) groups is 1. The van der Waals surface area contributed by atoms with Gasteiger partial charge in [-0.2, -0.15) is 11.8 Å². The van der Waals surface area contributed by atoms with Crippen LogP contribution in [-0.4, -0.2) is 59.4 Å². The topological polar surface area (TPSA) is 23.6 Å². The second kappa shape index (κ2) is 8.54. The third kappa shape index (κ3) is 4.52. The molecule has 0 aromatic heterocycles. The second-order valence-corrected chi connectivity index (χ2v) is 8.43. The van der Waals surface area contributed by atoms with Crippen LogP contribution in [0, 0.1) is 0 Å². The molecule has 3 nitrogen and oxygen atoms in total. The van der Waals surface area contributed by atoms with Gasteiger partial charge in [0.2, 0.25) is 0 Å². The third-order valence-corrected chi connectivity index (χ3v) is 6.61. The molecule has 2 saturated heterocycles. The minimum atomic E-state index is 0.182. The van der Waals surface area contributed by atoms with Gasteiger partial charge in [0.05, 0.1) is 11.6 Å². The van der Waals surface area contributed by atoms with Gasteiger partial charge < -0.3 is 9.80 Å². The normalized spacial score (nSPS) is 23.5. The van der Waals surface area contributed by atoms with Crippen LogP contribution in [0.2, 0.25) is 0 Å². The van der Waals surface area contributed by atoms with Crippen LogP contribution in [-0.2, 0) is 0 Å². The van der Waals surface area contributed by atoms with Gasteiger partial charge in [-0.05, 0) is 66.2 Å². The fourth-order valence-corrected chi connectivity index (χ4v) is 4.99. The van der Waals surface area contributed by atoms with Crippen molar-refractivity contribution < 1.29 is 4.79 Å². The summed E-state index contributed by atoms with van der Waals surface area (Å²) < 4.78 is 0.902. The van der Waals surface area contributed by atoms with Gasteiger partial charge in [-0.25, -0.2) is 0 Å². The van der Waals surface area contributed by atoms with Crippen LogP contribution in [0.5, 0.6) is 0 Å². The molecule has 0 bridgehead atoms. The van der Waals surface area contributed by atoms with Crippen LogP contribution in [0.25, 0.3) is 0 Å². The molecule has 2 heterocycles. The number of benzene rings is 1.